The minimum atomic E-state index is -0.373. The second-order valence-corrected chi connectivity index (χ2v) is 5.10. The molecule has 2 rings (SSSR count). The van der Waals surface area contributed by atoms with Gasteiger partial charge in [-0.25, -0.2) is 0 Å². The molecule has 2 heterocycles. The Morgan fingerprint density at radius 3 is 2.71 bits per heavy atom. The van der Waals surface area contributed by atoms with Gasteiger partial charge in [-0.05, 0) is 62.3 Å². The smallest absolute Gasteiger partial charge is 0.154 e. The van der Waals surface area contributed by atoms with Crippen molar-refractivity contribution in [1.82, 2.24) is 10.3 Å². The maximum atomic E-state index is 4.33. The summed E-state index contributed by atoms with van der Waals surface area (Å²) in [6, 6.07) is 3.94. The minimum absolute atomic E-state index is 0.373. The summed E-state index contributed by atoms with van der Waals surface area (Å²) in [5, 5.41) is 3.20. The van der Waals surface area contributed by atoms with Crippen molar-refractivity contribution in [3.8, 4) is 0 Å². The van der Waals surface area contributed by atoms with Crippen molar-refractivity contribution in [3.05, 3.63) is 52.9 Å². The van der Waals surface area contributed by atoms with E-state index in [1.807, 2.05) is 36.6 Å². The Balaban J connectivity index is 2.34. The molecule has 14 heavy (non-hydrogen) atoms. The fourth-order valence-electron chi connectivity index (χ4n) is 1.21. The largest absolute Gasteiger partial charge is 0.368 e. The van der Waals surface area contributed by atoms with E-state index in [2.05, 4.69) is 42.2 Å². The standard InChI is InChI=1S/C10H8Br2N2/c11-8-3-4-9(13-7-8)10(12)5-1-2-6-14-10/h1-7,14H. The van der Waals surface area contributed by atoms with Crippen LogP contribution in [-0.2, 0) is 4.45 Å². The van der Waals surface area contributed by atoms with Gasteiger partial charge in [0.2, 0.25) is 0 Å². The van der Waals surface area contributed by atoms with Gasteiger partial charge in [-0.3, -0.25) is 4.98 Å². The molecule has 72 valence electrons. The summed E-state index contributed by atoms with van der Waals surface area (Å²) in [5.74, 6) is 0. The molecule has 4 heteroatoms. The van der Waals surface area contributed by atoms with E-state index in [1.54, 1.807) is 6.20 Å². The Bertz CT molecular complexity index is 384. The Labute approximate surface area is 99.4 Å². The lowest BCUT2D eigenvalue weighted by Gasteiger charge is -2.25. The number of pyridine rings is 1. The molecule has 0 amide bonds. The highest BCUT2D eigenvalue weighted by Crippen LogP contribution is 2.30. The second kappa shape index (κ2) is 3.87. The first-order valence-corrected chi connectivity index (χ1v) is 5.72. The first-order chi connectivity index (χ1) is 6.71. The number of nitrogens with zero attached hydrogens (tertiary/aromatic N) is 1. The normalized spacial score (nSPS) is 24.7. The van der Waals surface area contributed by atoms with Crippen molar-refractivity contribution >= 4 is 31.9 Å². The predicted octanol–water partition coefficient (Wildman–Crippen LogP) is 3.06. The number of dihydropyridines is 1. The third kappa shape index (κ3) is 1.91. The zero-order valence-electron chi connectivity index (χ0n) is 7.24. The Kier molecular flexibility index (Phi) is 2.74. The summed E-state index contributed by atoms with van der Waals surface area (Å²) < 4.78 is 0.607. The van der Waals surface area contributed by atoms with Gasteiger partial charge in [-0.2, -0.15) is 0 Å². The van der Waals surface area contributed by atoms with Crippen LogP contribution >= 0.6 is 31.9 Å². The molecule has 0 radical (unpaired) electrons. The van der Waals surface area contributed by atoms with Gasteiger partial charge in [0, 0.05) is 10.7 Å². The fourth-order valence-corrected chi connectivity index (χ4v) is 1.97. The zero-order chi connectivity index (χ0) is 10.0. The van der Waals surface area contributed by atoms with Crippen molar-refractivity contribution in [2.75, 3.05) is 0 Å². The van der Waals surface area contributed by atoms with Gasteiger partial charge >= 0.3 is 0 Å². The number of alkyl halides is 1. The highest BCUT2D eigenvalue weighted by Gasteiger charge is 2.26. The third-order valence-corrected chi connectivity index (χ3v) is 3.30. The van der Waals surface area contributed by atoms with Crippen molar-refractivity contribution < 1.29 is 0 Å². The lowest BCUT2D eigenvalue weighted by molar-refractivity contribution is 0.672. The van der Waals surface area contributed by atoms with Crippen LogP contribution in [0.15, 0.2) is 47.2 Å². The molecule has 1 aromatic heterocycles. The predicted molar refractivity (Wildman–Crippen MR) is 64.0 cm³/mol. The molecule has 1 aliphatic rings. The van der Waals surface area contributed by atoms with Crippen molar-refractivity contribution in [2.45, 2.75) is 4.45 Å². The van der Waals surface area contributed by atoms with E-state index < -0.39 is 0 Å². The highest BCUT2D eigenvalue weighted by atomic mass is 79.9. The monoisotopic (exact) mass is 314 g/mol. The summed E-state index contributed by atoms with van der Waals surface area (Å²) in [5.41, 5.74) is 0.932. The van der Waals surface area contributed by atoms with E-state index in [1.165, 1.54) is 0 Å². The van der Waals surface area contributed by atoms with Gasteiger partial charge in [0.05, 0.1) is 5.69 Å². The molecule has 0 saturated carbocycles. The van der Waals surface area contributed by atoms with Gasteiger partial charge in [0.25, 0.3) is 0 Å². The number of aromatic nitrogens is 1. The van der Waals surface area contributed by atoms with Gasteiger partial charge in [-0.1, -0.05) is 6.08 Å². The molecule has 1 aliphatic heterocycles. The average Bonchev–Trinajstić information content (AvgIpc) is 2.19. The Morgan fingerprint density at radius 1 is 1.29 bits per heavy atom. The van der Waals surface area contributed by atoms with E-state index in [0.717, 1.165) is 10.2 Å². The SMILES string of the molecule is Brc1ccc(C2(Br)C=CC=CN2)nc1. The average molecular weight is 316 g/mol. The third-order valence-electron chi connectivity index (χ3n) is 1.93. The van der Waals surface area contributed by atoms with E-state index in [4.69, 9.17) is 0 Å². The van der Waals surface area contributed by atoms with E-state index in [-0.39, 0.29) is 4.45 Å². The molecule has 0 aromatic carbocycles. The quantitative estimate of drug-likeness (QED) is 0.636. The van der Waals surface area contributed by atoms with Gasteiger partial charge in [0.1, 0.15) is 0 Å². The second-order valence-electron chi connectivity index (χ2n) is 2.94. The van der Waals surface area contributed by atoms with Crippen molar-refractivity contribution in [2.24, 2.45) is 0 Å². The Morgan fingerprint density at radius 2 is 2.14 bits per heavy atom. The highest BCUT2D eigenvalue weighted by molar-refractivity contribution is 9.10. The summed E-state index contributed by atoms with van der Waals surface area (Å²) >= 11 is 6.96. The number of nitrogens with one attached hydrogen (secondary N) is 1. The summed E-state index contributed by atoms with van der Waals surface area (Å²) in [4.78, 5) is 4.33. The maximum absolute atomic E-state index is 4.33. The first-order valence-electron chi connectivity index (χ1n) is 4.14. The Hall–Kier alpha value is -0.610. The topological polar surface area (TPSA) is 24.9 Å². The van der Waals surface area contributed by atoms with Crippen LogP contribution in [0.1, 0.15) is 5.69 Å². The van der Waals surface area contributed by atoms with Crippen LogP contribution in [0.25, 0.3) is 0 Å². The lowest BCUT2D eigenvalue weighted by atomic mass is 10.1. The number of rotatable bonds is 1. The van der Waals surface area contributed by atoms with Gasteiger partial charge in [0.15, 0.2) is 4.45 Å². The molecule has 0 spiro atoms. The van der Waals surface area contributed by atoms with Gasteiger partial charge < -0.3 is 5.32 Å². The van der Waals surface area contributed by atoms with Crippen LogP contribution in [0.5, 0.6) is 0 Å². The lowest BCUT2D eigenvalue weighted by Crippen LogP contribution is -2.32. The molecule has 0 fully saturated rings. The molecule has 1 atom stereocenters. The zero-order valence-corrected chi connectivity index (χ0v) is 10.4. The molecule has 2 nitrogen and oxygen atoms in total. The van der Waals surface area contributed by atoms with Gasteiger partial charge in [-0.15, -0.1) is 0 Å². The van der Waals surface area contributed by atoms with E-state index in [0.29, 0.717) is 0 Å². The molecular formula is C10H8Br2N2. The number of halogens is 2. The van der Waals surface area contributed by atoms with Crippen LogP contribution in [0.2, 0.25) is 0 Å². The molecule has 0 aliphatic carbocycles. The fraction of sp³-hybridized carbons (Fsp3) is 0.100. The van der Waals surface area contributed by atoms with Crippen LogP contribution in [-0.4, -0.2) is 4.98 Å². The first kappa shape index (κ1) is 9.93. The molecular weight excluding hydrogens is 308 g/mol. The van der Waals surface area contributed by atoms with E-state index in [9.17, 15) is 0 Å². The van der Waals surface area contributed by atoms with Crippen LogP contribution < -0.4 is 5.32 Å². The summed E-state index contributed by atoms with van der Waals surface area (Å²) in [7, 11) is 0. The maximum Gasteiger partial charge on any atom is 0.154 e. The number of hydrogen-bond donors (Lipinski definition) is 1. The molecule has 1 N–H and O–H groups in total. The van der Waals surface area contributed by atoms with Crippen molar-refractivity contribution in [1.29, 1.82) is 0 Å². The molecule has 1 unspecified atom stereocenters. The summed E-state index contributed by atoms with van der Waals surface area (Å²) in [6.45, 7) is 0. The summed E-state index contributed by atoms with van der Waals surface area (Å²) in [6.07, 6.45) is 9.61. The van der Waals surface area contributed by atoms with Crippen LogP contribution in [0.4, 0.5) is 0 Å². The molecule has 0 bridgehead atoms. The molecule has 0 saturated heterocycles. The number of hydrogen-bond acceptors (Lipinski definition) is 2. The van der Waals surface area contributed by atoms with Crippen LogP contribution in [0, 0.1) is 0 Å². The number of allylic oxidation sites excluding steroid dienone is 2. The minimum Gasteiger partial charge on any atom is -0.368 e. The van der Waals surface area contributed by atoms with Crippen molar-refractivity contribution in [3.63, 3.8) is 0 Å². The molecule has 1 aromatic rings. The van der Waals surface area contributed by atoms with Crippen LogP contribution in [0.3, 0.4) is 0 Å². The van der Waals surface area contributed by atoms with E-state index >= 15 is 0 Å².